The highest BCUT2D eigenvalue weighted by atomic mass is 16.3. The fraction of sp³-hybridized carbons (Fsp3) is 0.400. The van der Waals surface area contributed by atoms with E-state index in [1.54, 1.807) is 0 Å². The Kier molecular flexibility index (Phi) is 10.2. The maximum atomic E-state index is 13.8. The fourth-order valence-corrected chi connectivity index (χ4v) is 5.31. The number of aromatic nitrogens is 1. The Balaban J connectivity index is 1.47. The molecule has 4 rings (SSSR count). The van der Waals surface area contributed by atoms with Gasteiger partial charge in [-0.15, -0.1) is 0 Å². The molecule has 5 heteroatoms. The third-order valence-electron chi connectivity index (χ3n) is 7.55. The summed E-state index contributed by atoms with van der Waals surface area (Å²) in [6.45, 7) is 11.5. The summed E-state index contributed by atoms with van der Waals surface area (Å²) < 4.78 is 0. The van der Waals surface area contributed by atoms with Crippen LogP contribution in [-0.4, -0.2) is 58.1 Å². The van der Waals surface area contributed by atoms with Crippen LogP contribution in [0.15, 0.2) is 85.1 Å². The number of carbonyl (C=O) groups excluding carboxylic acids is 1. The van der Waals surface area contributed by atoms with Crippen LogP contribution in [0, 0.1) is 0 Å². The van der Waals surface area contributed by atoms with Crippen molar-refractivity contribution in [2.45, 2.75) is 65.0 Å². The average molecular weight is 540 g/mol. The Labute approximate surface area is 239 Å². The molecular formula is C35H45N3O2. The zero-order chi connectivity index (χ0) is 28.5. The topological polar surface area (TPSA) is 59.6 Å². The van der Waals surface area contributed by atoms with Crippen molar-refractivity contribution in [3.05, 3.63) is 107 Å². The minimum absolute atomic E-state index is 0.0879. The van der Waals surface area contributed by atoms with Crippen LogP contribution in [0.2, 0.25) is 0 Å². The van der Waals surface area contributed by atoms with Crippen molar-refractivity contribution in [2.24, 2.45) is 0 Å². The average Bonchev–Trinajstić information content (AvgIpc) is 3.34. The van der Waals surface area contributed by atoms with Gasteiger partial charge in [-0.1, -0.05) is 100 Å². The lowest BCUT2D eigenvalue weighted by Gasteiger charge is -2.29. The molecule has 5 nitrogen and oxygen atoms in total. The largest absolute Gasteiger partial charge is 0.391 e. The van der Waals surface area contributed by atoms with E-state index in [1.807, 2.05) is 41.3 Å². The van der Waals surface area contributed by atoms with Crippen molar-refractivity contribution in [1.82, 2.24) is 14.8 Å². The Morgan fingerprint density at radius 2 is 1.60 bits per heavy atom. The first-order valence-corrected chi connectivity index (χ1v) is 14.6. The van der Waals surface area contributed by atoms with Crippen molar-refractivity contribution in [3.63, 3.8) is 0 Å². The molecule has 4 aromatic rings. The number of H-pyrrole nitrogens is 1. The van der Waals surface area contributed by atoms with Crippen LogP contribution in [0.1, 0.15) is 56.4 Å². The first kappa shape index (κ1) is 29.6. The Bertz CT molecular complexity index is 1340. The Morgan fingerprint density at radius 1 is 0.900 bits per heavy atom. The van der Waals surface area contributed by atoms with E-state index in [9.17, 15) is 9.90 Å². The number of hydrogen-bond donors (Lipinski definition) is 2. The van der Waals surface area contributed by atoms with Crippen LogP contribution in [0.4, 0.5) is 0 Å². The number of amides is 1. The summed E-state index contributed by atoms with van der Waals surface area (Å²) in [5.41, 5.74) is 5.96. The quantitative estimate of drug-likeness (QED) is 0.208. The number of nitrogens with one attached hydrogen (secondary N) is 1. The van der Waals surface area contributed by atoms with Crippen molar-refractivity contribution in [3.8, 4) is 0 Å². The molecule has 0 radical (unpaired) electrons. The summed E-state index contributed by atoms with van der Waals surface area (Å²) >= 11 is 0. The van der Waals surface area contributed by atoms with Gasteiger partial charge in [0.1, 0.15) is 0 Å². The summed E-state index contributed by atoms with van der Waals surface area (Å²) in [4.78, 5) is 21.3. The van der Waals surface area contributed by atoms with Crippen LogP contribution >= 0.6 is 0 Å². The highest BCUT2D eigenvalue weighted by Gasteiger charge is 2.21. The third-order valence-corrected chi connectivity index (χ3v) is 7.55. The number of carbonyl (C=O) groups is 1. The van der Waals surface area contributed by atoms with Gasteiger partial charge in [-0.05, 0) is 59.5 Å². The molecule has 0 saturated heterocycles. The standard InChI is InChI=1S/C35H45N3O2/c1-5-20-37(25-31(39)22-27-11-7-6-8-12-27)26-34(40)38(24-28-15-17-30(18-16-28)35(2,3)4)21-19-29-23-36-33-14-10-9-13-32(29)33/h6-18,23,31,36,39H,5,19-22,24-26H2,1-4H3/t31-/m1/s1. The molecule has 1 aromatic heterocycles. The van der Waals surface area contributed by atoms with Gasteiger partial charge in [-0.3, -0.25) is 9.69 Å². The second-order valence-corrected chi connectivity index (χ2v) is 12.0. The number of rotatable bonds is 13. The molecule has 0 unspecified atom stereocenters. The first-order chi connectivity index (χ1) is 19.2. The molecule has 0 aliphatic heterocycles. The molecule has 1 amide bonds. The number of hydrogen-bond acceptors (Lipinski definition) is 3. The number of benzene rings is 3. The predicted octanol–water partition coefficient (Wildman–Crippen LogP) is 6.35. The van der Waals surface area contributed by atoms with Gasteiger partial charge in [-0.25, -0.2) is 0 Å². The van der Waals surface area contributed by atoms with Gasteiger partial charge in [0, 0.05) is 36.7 Å². The lowest BCUT2D eigenvalue weighted by Crippen LogP contribution is -2.44. The van der Waals surface area contributed by atoms with Crippen LogP contribution in [-0.2, 0) is 29.6 Å². The summed E-state index contributed by atoms with van der Waals surface area (Å²) in [7, 11) is 0. The van der Waals surface area contributed by atoms with E-state index in [4.69, 9.17) is 0 Å². The molecule has 0 aliphatic rings. The summed E-state index contributed by atoms with van der Waals surface area (Å²) in [5, 5.41) is 12.0. The highest BCUT2D eigenvalue weighted by Crippen LogP contribution is 2.23. The summed E-state index contributed by atoms with van der Waals surface area (Å²) in [6, 6.07) is 27.0. The number of aliphatic hydroxyl groups is 1. The third kappa shape index (κ3) is 8.30. The van der Waals surface area contributed by atoms with E-state index in [0.29, 0.717) is 32.6 Å². The lowest BCUT2D eigenvalue weighted by molar-refractivity contribution is -0.133. The van der Waals surface area contributed by atoms with E-state index in [0.717, 1.165) is 36.0 Å². The number of aromatic amines is 1. The maximum absolute atomic E-state index is 13.8. The van der Waals surface area contributed by atoms with Gasteiger partial charge in [0.15, 0.2) is 0 Å². The monoisotopic (exact) mass is 539 g/mol. The van der Waals surface area contributed by atoms with Crippen LogP contribution < -0.4 is 0 Å². The smallest absolute Gasteiger partial charge is 0.237 e. The number of aliphatic hydroxyl groups excluding tert-OH is 1. The Hall–Kier alpha value is -3.41. The van der Waals surface area contributed by atoms with E-state index < -0.39 is 6.10 Å². The van der Waals surface area contributed by atoms with Gasteiger partial charge in [0.05, 0.1) is 12.6 Å². The molecule has 0 saturated carbocycles. The van der Waals surface area contributed by atoms with Crippen LogP contribution in [0.25, 0.3) is 10.9 Å². The number of fused-ring (bicyclic) bond motifs is 1. The molecule has 1 heterocycles. The predicted molar refractivity (Wildman–Crippen MR) is 165 cm³/mol. The Morgan fingerprint density at radius 3 is 2.30 bits per heavy atom. The normalized spacial score (nSPS) is 12.7. The van der Waals surface area contributed by atoms with Gasteiger partial charge in [0.2, 0.25) is 5.91 Å². The van der Waals surface area contributed by atoms with E-state index >= 15 is 0 Å². The van der Waals surface area contributed by atoms with Crippen molar-refractivity contribution < 1.29 is 9.90 Å². The molecule has 0 bridgehead atoms. The second kappa shape index (κ2) is 13.8. The zero-order valence-corrected chi connectivity index (χ0v) is 24.6. The van der Waals surface area contributed by atoms with Gasteiger partial charge in [0.25, 0.3) is 0 Å². The van der Waals surface area contributed by atoms with Gasteiger partial charge >= 0.3 is 0 Å². The lowest BCUT2D eigenvalue weighted by atomic mass is 9.87. The van der Waals surface area contributed by atoms with Crippen molar-refractivity contribution in [1.29, 1.82) is 0 Å². The molecule has 0 spiro atoms. The first-order valence-electron chi connectivity index (χ1n) is 14.6. The molecular weight excluding hydrogens is 494 g/mol. The minimum Gasteiger partial charge on any atom is -0.391 e. The number of para-hydroxylation sites is 1. The second-order valence-electron chi connectivity index (χ2n) is 12.0. The van der Waals surface area contributed by atoms with E-state index in [2.05, 4.69) is 86.2 Å². The van der Waals surface area contributed by atoms with Crippen LogP contribution in [0.3, 0.4) is 0 Å². The molecule has 1 atom stereocenters. The van der Waals surface area contributed by atoms with Crippen molar-refractivity contribution in [2.75, 3.05) is 26.2 Å². The van der Waals surface area contributed by atoms with E-state index in [1.165, 1.54) is 16.5 Å². The van der Waals surface area contributed by atoms with E-state index in [-0.39, 0.29) is 11.3 Å². The van der Waals surface area contributed by atoms with Gasteiger partial charge < -0.3 is 15.0 Å². The maximum Gasteiger partial charge on any atom is 0.237 e. The molecule has 3 aromatic carbocycles. The molecule has 0 aliphatic carbocycles. The minimum atomic E-state index is -0.522. The number of nitrogens with zero attached hydrogens (tertiary/aromatic N) is 2. The van der Waals surface area contributed by atoms with Crippen LogP contribution in [0.5, 0.6) is 0 Å². The molecule has 0 fully saturated rings. The zero-order valence-electron chi connectivity index (χ0n) is 24.6. The molecule has 2 N–H and O–H groups in total. The molecule has 212 valence electrons. The highest BCUT2D eigenvalue weighted by molar-refractivity contribution is 5.83. The summed E-state index contributed by atoms with van der Waals surface area (Å²) in [6.07, 6.45) is 3.83. The van der Waals surface area contributed by atoms with Crippen molar-refractivity contribution >= 4 is 16.8 Å². The SMILES string of the molecule is CCCN(CC(=O)N(CCc1c[nH]c2ccccc12)Cc1ccc(C(C)(C)C)cc1)C[C@H](O)Cc1ccccc1. The fourth-order valence-electron chi connectivity index (χ4n) is 5.31. The molecule has 40 heavy (non-hydrogen) atoms. The van der Waals surface area contributed by atoms with Gasteiger partial charge in [-0.2, -0.15) is 0 Å². The summed E-state index contributed by atoms with van der Waals surface area (Å²) in [5.74, 6) is 0.0973.